The van der Waals surface area contributed by atoms with Crippen LogP contribution in [0, 0.1) is 21.7 Å². The number of amides is 1. The summed E-state index contributed by atoms with van der Waals surface area (Å²) in [6, 6.07) is 9.88. The van der Waals surface area contributed by atoms with Gasteiger partial charge in [0.1, 0.15) is 11.6 Å². The summed E-state index contributed by atoms with van der Waals surface area (Å²) in [7, 11) is 0. The maximum absolute atomic E-state index is 13.6. The number of aromatic nitrogens is 2. The van der Waals surface area contributed by atoms with E-state index in [2.05, 4.69) is 15.5 Å². The van der Waals surface area contributed by atoms with Crippen LogP contribution in [0.2, 0.25) is 0 Å². The van der Waals surface area contributed by atoms with Crippen LogP contribution in [0.1, 0.15) is 10.4 Å². The smallest absolute Gasteiger partial charge is 0.270 e. The molecule has 0 aliphatic rings. The number of anilines is 1. The monoisotopic (exact) mass is 344 g/mol. The van der Waals surface area contributed by atoms with Crippen LogP contribution in [-0.4, -0.2) is 21.0 Å². The van der Waals surface area contributed by atoms with Crippen LogP contribution in [0.4, 0.5) is 20.3 Å². The Morgan fingerprint density at radius 1 is 1.16 bits per heavy atom. The molecule has 0 unspecified atom stereocenters. The van der Waals surface area contributed by atoms with Crippen molar-refractivity contribution in [3.8, 4) is 11.3 Å². The number of nitrogens with one attached hydrogen (secondary N) is 2. The molecular formula is C16H10F2N4O3. The molecule has 0 spiro atoms. The number of hydrogen-bond acceptors (Lipinski definition) is 4. The van der Waals surface area contributed by atoms with Crippen molar-refractivity contribution < 1.29 is 18.5 Å². The Bertz CT molecular complexity index is 972. The molecule has 25 heavy (non-hydrogen) atoms. The molecule has 1 amide bonds. The number of carbonyl (C=O) groups is 1. The van der Waals surface area contributed by atoms with Gasteiger partial charge in [0.05, 0.1) is 16.2 Å². The van der Waals surface area contributed by atoms with E-state index in [-0.39, 0.29) is 17.1 Å². The van der Waals surface area contributed by atoms with Crippen molar-refractivity contribution in [2.45, 2.75) is 0 Å². The van der Waals surface area contributed by atoms with Gasteiger partial charge >= 0.3 is 0 Å². The van der Waals surface area contributed by atoms with E-state index in [0.29, 0.717) is 17.3 Å². The highest BCUT2D eigenvalue weighted by Gasteiger charge is 2.15. The van der Waals surface area contributed by atoms with Gasteiger partial charge in [0, 0.05) is 29.8 Å². The van der Waals surface area contributed by atoms with Crippen LogP contribution >= 0.6 is 0 Å². The highest BCUT2D eigenvalue weighted by molar-refractivity contribution is 6.04. The van der Waals surface area contributed by atoms with Gasteiger partial charge in [-0.1, -0.05) is 12.1 Å². The zero-order valence-corrected chi connectivity index (χ0v) is 12.5. The SMILES string of the molecule is O=C(Nc1cc(-c2cccc([N+](=O)[O-])c2)[nH]n1)c1ccc(F)cc1F. The first kappa shape index (κ1) is 16.2. The lowest BCUT2D eigenvalue weighted by atomic mass is 10.1. The fourth-order valence-electron chi connectivity index (χ4n) is 2.18. The van der Waals surface area contributed by atoms with E-state index in [4.69, 9.17) is 0 Å². The molecule has 3 aromatic rings. The van der Waals surface area contributed by atoms with Gasteiger partial charge < -0.3 is 5.32 Å². The van der Waals surface area contributed by atoms with E-state index >= 15 is 0 Å². The number of nitrogens with zero attached hydrogens (tertiary/aromatic N) is 2. The molecule has 0 atom stereocenters. The molecule has 126 valence electrons. The fourth-order valence-corrected chi connectivity index (χ4v) is 2.18. The van der Waals surface area contributed by atoms with E-state index in [1.54, 1.807) is 6.07 Å². The van der Waals surface area contributed by atoms with Crippen molar-refractivity contribution in [2.75, 3.05) is 5.32 Å². The molecule has 0 saturated carbocycles. The van der Waals surface area contributed by atoms with Gasteiger partial charge in [-0.25, -0.2) is 8.78 Å². The largest absolute Gasteiger partial charge is 0.305 e. The normalized spacial score (nSPS) is 10.5. The first-order valence-electron chi connectivity index (χ1n) is 7.00. The molecule has 2 aromatic carbocycles. The van der Waals surface area contributed by atoms with Gasteiger partial charge in [0.2, 0.25) is 0 Å². The maximum Gasteiger partial charge on any atom is 0.270 e. The number of rotatable bonds is 4. The first-order chi connectivity index (χ1) is 11.9. The predicted molar refractivity (Wildman–Crippen MR) is 85.0 cm³/mol. The predicted octanol–water partition coefficient (Wildman–Crippen LogP) is 3.52. The van der Waals surface area contributed by atoms with Crippen LogP contribution in [0.3, 0.4) is 0 Å². The third kappa shape index (κ3) is 3.50. The molecule has 0 aliphatic carbocycles. The van der Waals surface area contributed by atoms with Crippen LogP contribution in [0.25, 0.3) is 11.3 Å². The number of halogens is 2. The fraction of sp³-hybridized carbons (Fsp3) is 0. The van der Waals surface area contributed by atoms with E-state index < -0.39 is 22.5 Å². The zero-order chi connectivity index (χ0) is 18.0. The lowest BCUT2D eigenvalue weighted by Crippen LogP contribution is -2.14. The Hall–Kier alpha value is -3.62. The van der Waals surface area contributed by atoms with Crippen molar-refractivity contribution in [3.05, 3.63) is 75.8 Å². The summed E-state index contributed by atoms with van der Waals surface area (Å²) < 4.78 is 26.5. The van der Waals surface area contributed by atoms with Gasteiger partial charge in [-0.3, -0.25) is 20.0 Å². The number of hydrogen-bond donors (Lipinski definition) is 2. The lowest BCUT2D eigenvalue weighted by Gasteiger charge is -2.03. The topological polar surface area (TPSA) is 101 Å². The molecule has 1 aromatic heterocycles. The van der Waals surface area contributed by atoms with Crippen LogP contribution in [-0.2, 0) is 0 Å². The molecule has 0 saturated heterocycles. The number of non-ortho nitro benzene ring substituents is 1. The number of carbonyl (C=O) groups excluding carboxylic acids is 1. The summed E-state index contributed by atoms with van der Waals surface area (Å²) in [6.45, 7) is 0. The summed E-state index contributed by atoms with van der Waals surface area (Å²) in [5.41, 5.74) is 0.501. The second-order valence-electron chi connectivity index (χ2n) is 5.05. The second-order valence-corrected chi connectivity index (χ2v) is 5.05. The molecule has 0 fully saturated rings. The van der Waals surface area contributed by atoms with Crippen molar-refractivity contribution in [1.29, 1.82) is 0 Å². The van der Waals surface area contributed by atoms with E-state index in [1.807, 2.05) is 0 Å². The minimum Gasteiger partial charge on any atom is -0.305 e. The second kappa shape index (κ2) is 6.48. The van der Waals surface area contributed by atoms with Gasteiger partial charge in [0.25, 0.3) is 11.6 Å². The van der Waals surface area contributed by atoms with Crippen molar-refractivity contribution in [1.82, 2.24) is 10.2 Å². The number of benzene rings is 2. The number of H-pyrrole nitrogens is 1. The summed E-state index contributed by atoms with van der Waals surface area (Å²) in [6.07, 6.45) is 0. The van der Waals surface area contributed by atoms with Gasteiger partial charge in [-0.2, -0.15) is 5.10 Å². The maximum atomic E-state index is 13.6. The highest BCUT2D eigenvalue weighted by Crippen LogP contribution is 2.24. The molecule has 7 nitrogen and oxygen atoms in total. The zero-order valence-electron chi connectivity index (χ0n) is 12.5. The standard InChI is InChI=1S/C16H10F2N4O3/c17-10-4-5-12(13(18)7-10)16(23)19-15-8-14(20-21-15)9-2-1-3-11(6-9)22(24)25/h1-8H,(H2,19,20,21,23). The number of nitro benzene ring substituents is 1. The van der Waals surface area contributed by atoms with Crippen molar-refractivity contribution in [3.63, 3.8) is 0 Å². The third-order valence-corrected chi connectivity index (χ3v) is 3.36. The summed E-state index contributed by atoms with van der Waals surface area (Å²) in [5, 5.41) is 19.7. The third-order valence-electron chi connectivity index (χ3n) is 3.36. The van der Waals surface area contributed by atoms with Crippen molar-refractivity contribution >= 4 is 17.4 Å². The average molecular weight is 344 g/mol. The van der Waals surface area contributed by atoms with Gasteiger partial charge in [-0.15, -0.1) is 0 Å². The van der Waals surface area contributed by atoms with Gasteiger partial charge in [-0.05, 0) is 12.1 Å². The first-order valence-corrected chi connectivity index (χ1v) is 7.00. The Morgan fingerprint density at radius 3 is 2.68 bits per heavy atom. The van der Waals surface area contributed by atoms with E-state index in [9.17, 15) is 23.7 Å². The van der Waals surface area contributed by atoms with Crippen LogP contribution in [0.15, 0.2) is 48.5 Å². The quantitative estimate of drug-likeness (QED) is 0.558. The highest BCUT2D eigenvalue weighted by atomic mass is 19.1. The number of aromatic amines is 1. The van der Waals surface area contributed by atoms with Crippen molar-refractivity contribution in [2.24, 2.45) is 0 Å². The molecule has 2 N–H and O–H groups in total. The van der Waals surface area contributed by atoms with E-state index in [1.165, 1.54) is 24.3 Å². The molecule has 3 rings (SSSR count). The van der Waals surface area contributed by atoms with Crippen LogP contribution in [0.5, 0.6) is 0 Å². The number of nitro groups is 1. The lowest BCUT2D eigenvalue weighted by molar-refractivity contribution is -0.384. The minimum absolute atomic E-state index is 0.0916. The molecule has 0 radical (unpaired) electrons. The molecule has 0 bridgehead atoms. The molecule has 1 heterocycles. The molecular weight excluding hydrogens is 334 g/mol. The Kier molecular flexibility index (Phi) is 4.21. The Morgan fingerprint density at radius 2 is 1.96 bits per heavy atom. The Labute approximate surface area is 139 Å². The van der Waals surface area contributed by atoms with Crippen LogP contribution < -0.4 is 5.32 Å². The minimum atomic E-state index is -0.994. The van der Waals surface area contributed by atoms with E-state index in [0.717, 1.165) is 12.1 Å². The summed E-state index contributed by atoms with van der Waals surface area (Å²) in [4.78, 5) is 22.3. The molecule has 9 heteroatoms. The summed E-state index contributed by atoms with van der Waals surface area (Å²) in [5.74, 6) is -2.49. The van der Waals surface area contributed by atoms with Gasteiger partial charge in [0.15, 0.2) is 5.82 Å². The average Bonchev–Trinajstić information content (AvgIpc) is 3.03. The Balaban J connectivity index is 1.81. The molecule has 0 aliphatic heterocycles. The summed E-state index contributed by atoms with van der Waals surface area (Å²) >= 11 is 0.